The molecule has 0 saturated carbocycles. The quantitative estimate of drug-likeness (QED) is 0.296. The number of carbonyl (C=O) groups excluding carboxylic acids is 4. The number of rotatable bonds is 5. The third-order valence-electron chi connectivity index (χ3n) is 6.88. The van der Waals surface area contributed by atoms with Gasteiger partial charge in [0, 0.05) is 25.6 Å². The molecule has 2 aliphatic heterocycles. The lowest BCUT2D eigenvalue weighted by molar-refractivity contribution is -0.139. The van der Waals surface area contributed by atoms with Gasteiger partial charge in [-0.15, -0.1) is 0 Å². The maximum absolute atomic E-state index is 13.0. The number of fused-ring (bicyclic) bond motifs is 1. The number of hydrogen-bond acceptors (Lipinski definition) is 5. The van der Waals surface area contributed by atoms with E-state index in [9.17, 15) is 19.2 Å². The van der Waals surface area contributed by atoms with E-state index < -0.39 is 11.9 Å². The molecule has 2 aromatic carbocycles. The molecule has 0 aromatic heterocycles. The Morgan fingerprint density at radius 3 is 2.53 bits per heavy atom. The number of esters is 1. The van der Waals surface area contributed by atoms with Gasteiger partial charge in [0.1, 0.15) is 5.75 Å². The lowest BCUT2D eigenvalue weighted by atomic mass is 9.82. The number of anilines is 1. The molecule has 0 N–H and O–H groups in total. The lowest BCUT2D eigenvalue weighted by Gasteiger charge is -2.18. The Kier molecular flexibility index (Phi) is 5.77. The second-order valence-corrected chi connectivity index (χ2v) is 9.29. The van der Waals surface area contributed by atoms with Crippen molar-refractivity contribution in [1.82, 2.24) is 4.90 Å². The van der Waals surface area contributed by atoms with Crippen LogP contribution in [0.3, 0.4) is 0 Å². The number of nitrogens with zero attached hydrogens (tertiary/aromatic N) is 2. The maximum atomic E-state index is 13.0. The van der Waals surface area contributed by atoms with E-state index in [0.29, 0.717) is 31.6 Å². The number of carbonyl (C=O) groups is 4. The average molecular weight is 459 g/mol. The molecule has 3 aliphatic rings. The van der Waals surface area contributed by atoms with Gasteiger partial charge in [0.05, 0.1) is 23.4 Å². The summed E-state index contributed by atoms with van der Waals surface area (Å²) in [6.45, 7) is 2.73. The topological polar surface area (TPSA) is 84.0 Å². The van der Waals surface area contributed by atoms with Crippen LogP contribution in [0, 0.1) is 17.8 Å². The van der Waals surface area contributed by atoms with E-state index in [1.807, 2.05) is 43.3 Å². The third kappa shape index (κ3) is 4.14. The Morgan fingerprint density at radius 1 is 0.971 bits per heavy atom. The van der Waals surface area contributed by atoms with Crippen molar-refractivity contribution in [3.05, 3.63) is 71.8 Å². The van der Waals surface area contributed by atoms with Gasteiger partial charge in [-0.2, -0.15) is 0 Å². The first kappa shape index (κ1) is 22.1. The summed E-state index contributed by atoms with van der Waals surface area (Å²) in [7, 11) is 0. The van der Waals surface area contributed by atoms with E-state index in [0.717, 1.165) is 11.1 Å². The third-order valence-corrected chi connectivity index (χ3v) is 6.88. The van der Waals surface area contributed by atoms with Crippen LogP contribution in [-0.4, -0.2) is 35.1 Å². The molecule has 2 aromatic rings. The van der Waals surface area contributed by atoms with Crippen molar-refractivity contribution in [3.8, 4) is 5.75 Å². The van der Waals surface area contributed by atoms with Crippen molar-refractivity contribution in [2.24, 2.45) is 17.8 Å². The molecule has 7 heteroatoms. The lowest BCUT2D eigenvalue weighted by Crippen LogP contribution is -2.31. The second-order valence-electron chi connectivity index (χ2n) is 9.29. The molecule has 0 radical (unpaired) electrons. The van der Waals surface area contributed by atoms with Crippen LogP contribution >= 0.6 is 0 Å². The Hall–Kier alpha value is -3.74. The van der Waals surface area contributed by atoms with Crippen LogP contribution in [0.4, 0.5) is 5.69 Å². The van der Waals surface area contributed by atoms with Crippen LogP contribution in [0.2, 0.25) is 0 Å². The highest BCUT2D eigenvalue weighted by atomic mass is 16.5. The maximum Gasteiger partial charge on any atom is 0.316 e. The number of likely N-dealkylation sites (tertiary alicyclic amines) is 1. The molecule has 1 aliphatic carbocycles. The van der Waals surface area contributed by atoms with Gasteiger partial charge in [0.2, 0.25) is 17.7 Å². The summed E-state index contributed by atoms with van der Waals surface area (Å²) in [5.74, 6) is -1.96. The summed E-state index contributed by atoms with van der Waals surface area (Å²) in [5.41, 5.74) is 2.53. The first-order chi connectivity index (χ1) is 16.4. The van der Waals surface area contributed by atoms with Crippen molar-refractivity contribution in [1.29, 1.82) is 0 Å². The minimum atomic E-state index is -0.563. The molecular weight excluding hydrogens is 432 g/mol. The van der Waals surface area contributed by atoms with Crippen molar-refractivity contribution in [2.45, 2.75) is 32.7 Å². The van der Waals surface area contributed by atoms with E-state index in [-0.39, 0.29) is 41.7 Å². The van der Waals surface area contributed by atoms with E-state index >= 15 is 0 Å². The van der Waals surface area contributed by atoms with E-state index in [4.69, 9.17) is 4.74 Å². The van der Waals surface area contributed by atoms with Crippen LogP contribution in [0.1, 0.15) is 31.7 Å². The Bertz CT molecular complexity index is 1190. The summed E-state index contributed by atoms with van der Waals surface area (Å²) in [5, 5.41) is 0. The second kappa shape index (κ2) is 8.89. The molecular formula is C27H26N2O5. The zero-order valence-electron chi connectivity index (χ0n) is 19.0. The largest absolute Gasteiger partial charge is 0.426 e. The van der Waals surface area contributed by atoms with Gasteiger partial charge in [0.15, 0.2) is 0 Å². The predicted molar refractivity (Wildman–Crippen MR) is 125 cm³/mol. The SMILES string of the molecule is CC1=CC[C@@H]2C(=O)N(c3cccc(OC(=O)[C@@H]4CC(=O)N(Cc5ccccc5)C4)c3)C(=O)[C@@H]2C1. The minimum absolute atomic E-state index is 0.0840. The normalized spacial score (nSPS) is 24.3. The molecule has 0 spiro atoms. The van der Waals surface area contributed by atoms with Crippen molar-refractivity contribution >= 4 is 29.4 Å². The Balaban J connectivity index is 1.26. The Morgan fingerprint density at radius 2 is 1.74 bits per heavy atom. The van der Waals surface area contributed by atoms with Gasteiger partial charge in [0.25, 0.3) is 0 Å². The molecule has 174 valence electrons. The van der Waals surface area contributed by atoms with Gasteiger partial charge in [-0.05, 0) is 37.5 Å². The summed E-state index contributed by atoms with van der Waals surface area (Å²) in [6, 6.07) is 16.1. The highest BCUT2D eigenvalue weighted by Gasteiger charge is 2.48. The molecule has 5 rings (SSSR count). The van der Waals surface area contributed by atoms with Crippen molar-refractivity contribution in [2.75, 3.05) is 11.4 Å². The molecule has 7 nitrogen and oxygen atoms in total. The van der Waals surface area contributed by atoms with Crippen molar-refractivity contribution in [3.63, 3.8) is 0 Å². The molecule has 2 heterocycles. The molecule has 0 unspecified atom stereocenters. The fourth-order valence-electron chi connectivity index (χ4n) is 5.06. The standard InChI is InChI=1S/C27H26N2O5/c1-17-10-11-22-23(12-17)26(32)29(25(22)31)20-8-5-9-21(14-20)34-27(33)19-13-24(30)28(16-19)15-18-6-3-2-4-7-18/h2-10,14,19,22-23H,11-13,15-16H2,1H3/t19-,22+,23-/m1/s1. The van der Waals surface area contributed by atoms with Gasteiger partial charge in [-0.25, -0.2) is 4.90 Å². The fraction of sp³-hybridized carbons (Fsp3) is 0.333. The molecule has 3 amide bonds. The minimum Gasteiger partial charge on any atom is -0.426 e. The van der Waals surface area contributed by atoms with Crippen LogP contribution < -0.4 is 9.64 Å². The van der Waals surface area contributed by atoms with Gasteiger partial charge < -0.3 is 9.64 Å². The molecule has 3 atom stereocenters. The smallest absolute Gasteiger partial charge is 0.316 e. The summed E-state index contributed by atoms with van der Waals surface area (Å²) in [6.07, 6.45) is 3.29. The van der Waals surface area contributed by atoms with Crippen LogP contribution in [0.5, 0.6) is 5.75 Å². The first-order valence-electron chi connectivity index (χ1n) is 11.6. The predicted octanol–water partition coefficient (Wildman–Crippen LogP) is 3.49. The zero-order valence-corrected chi connectivity index (χ0v) is 19.0. The highest BCUT2D eigenvalue weighted by molar-refractivity contribution is 6.22. The number of benzene rings is 2. The molecule has 0 bridgehead atoms. The van der Waals surface area contributed by atoms with Crippen LogP contribution in [0.25, 0.3) is 0 Å². The van der Waals surface area contributed by atoms with Gasteiger partial charge in [-0.1, -0.05) is 48.0 Å². The summed E-state index contributed by atoms with van der Waals surface area (Å²) in [4.78, 5) is 54.1. The fourth-order valence-corrected chi connectivity index (χ4v) is 5.06. The van der Waals surface area contributed by atoms with Gasteiger partial charge >= 0.3 is 5.97 Å². The number of hydrogen-bond donors (Lipinski definition) is 0. The average Bonchev–Trinajstić information content (AvgIpc) is 3.31. The number of amides is 3. The highest BCUT2D eigenvalue weighted by Crippen LogP contribution is 2.40. The van der Waals surface area contributed by atoms with Crippen LogP contribution in [-0.2, 0) is 25.7 Å². The molecule has 2 saturated heterocycles. The number of allylic oxidation sites excluding steroid dienone is 2. The number of ether oxygens (including phenoxy) is 1. The van der Waals surface area contributed by atoms with Crippen LogP contribution in [0.15, 0.2) is 66.2 Å². The zero-order chi connectivity index (χ0) is 23.8. The Labute approximate surface area is 198 Å². The first-order valence-corrected chi connectivity index (χ1v) is 11.6. The summed E-state index contributed by atoms with van der Waals surface area (Å²) < 4.78 is 5.57. The monoisotopic (exact) mass is 458 g/mol. The van der Waals surface area contributed by atoms with Gasteiger partial charge in [-0.3, -0.25) is 19.2 Å². The molecule has 34 heavy (non-hydrogen) atoms. The van der Waals surface area contributed by atoms with Crippen molar-refractivity contribution < 1.29 is 23.9 Å². The number of imide groups is 1. The van der Waals surface area contributed by atoms with E-state index in [1.165, 1.54) is 4.90 Å². The summed E-state index contributed by atoms with van der Waals surface area (Å²) >= 11 is 0. The van der Waals surface area contributed by atoms with E-state index in [1.54, 1.807) is 29.2 Å². The molecule has 2 fully saturated rings. The van der Waals surface area contributed by atoms with E-state index in [2.05, 4.69) is 0 Å².